The highest BCUT2D eigenvalue weighted by Crippen LogP contribution is 2.25. The molecule has 17 heavy (non-hydrogen) atoms. The number of halogens is 1. The third-order valence-electron chi connectivity index (χ3n) is 1.77. The van der Waals surface area contributed by atoms with E-state index in [-0.39, 0.29) is 15.5 Å². The molecule has 0 aliphatic heterocycles. The molecule has 1 aromatic rings. The summed E-state index contributed by atoms with van der Waals surface area (Å²) in [7, 11) is -4.04. The molecule has 0 aliphatic rings. The smallest absolute Gasteiger partial charge is 0.335 e. The van der Waals surface area contributed by atoms with E-state index < -0.39 is 22.2 Å². The van der Waals surface area contributed by atoms with Crippen molar-refractivity contribution in [3.05, 3.63) is 28.8 Å². The van der Waals surface area contributed by atoms with Crippen LogP contribution in [-0.2, 0) is 14.3 Å². The summed E-state index contributed by atoms with van der Waals surface area (Å²) in [5.74, 6) is -1.23. The van der Waals surface area contributed by atoms with Gasteiger partial charge in [0, 0.05) is 0 Å². The van der Waals surface area contributed by atoms with Crippen LogP contribution in [0, 0.1) is 0 Å². The van der Waals surface area contributed by atoms with Gasteiger partial charge in [0.25, 0.3) is 10.1 Å². The molecule has 0 spiro atoms. The number of rotatable bonds is 4. The van der Waals surface area contributed by atoms with Gasteiger partial charge in [-0.1, -0.05) is 11.6 Å². The first-order chi connectivity index (χ1) is 7.74. The molecule has 0 aromatic heterocycles. The van der Waals surface area contributed by atoms with Gasteiger partial charge in [-0.25, -0.2) is 4.79 Å². The Labute approximate surface area is 104 Å². The molecule has 5 nitrogen and oxygen atoms in total. The van der Waals surface area contributed by atoms with Gasteiger partial charge >= 0.3 is 5.97 Å². The summed E-state index contributed by atoms with van der Waals surface area (Å²) in [5.41, 5.74) is -0.166. The van der Waals surface area contributed by atoms with Gasteiger partial charge in [-0.05, 0) is 32.0 Å². The van der Waals surface area contributed by atoms with Crippen LogP contribution in [0.2, 0.25) is 5.02 Å². The van der Waals surface area contributed by atoms with Gasteiger partial charge in [0.05, 0.1) is 16.7 Å². The monoisotopic (exact) mass is 278 g/mol. The van der Waals surface area contributed by atoms with Crippen LogP contribution in [0.15, 0.2) is 23.1 Å². The second-order valence-corrected chi connectivity index (χ2v) is 5.50. The molecule has 1 N–H and O–H groups in total. The largest absolute Gasteiger partial charge is 0.478 e. The summed E-state index contributed by atoms with van der Waals surface area (Å²) in [6.45, 7) is 3.10. The molecule has 1 aromatic carbocycles. The topological polar surface area (TPSA) is 80.7 Å². The Morgan fingerprint density at radius 3 is 2.47 bits per heavy atom. The zero-order valence-electron chi connectivity index (χ0n) is 9.18. The summed E-state index contributed by atoms with van der Waals surface area (Å²) in [6, 6.07) is 3.41. The second kappa shape index (κ2) is 5.03. The maximum atomic E-state index is 11.7. The molecule has 0 atom stereocenters. The summed E-state index contributed by atoms with van der Waals surface area (Å²) < 4.78 is 28.2. The third-order valence-corrected chi connectivity index (χ3v) is 3.72. The Hall–Kier alpha value is -1.11. The lowest BCUT2D eigenvalue weighted by Gasteiger charge is -2.10. The van der Waals surface area contributed by atoms with Crippen molar-refractivity contribution in [2.75, 3.05) is 0 Å². The lowest BCUT2D eigenvalue weighted by molar-refractivity contribution is 0.0696. The van der Waals surface area contributed by atoms with Crippen molar-refractivity contribution in [3.8, 4) is 0 Å². The van der Waals surface area contributed by atoms with E-state index in [1.807, 2.05) is 0 Å². The number of carbonyl (C=O) groups is 1. The van der Waals surface area contributed by atoms with Crippen LogP contribution < -0.4 is 0 Å². The highest BCUT2D eigenvalue weighted by atomic mass is 35.5. The molecule has 0 saturated carbocycles. The quantitative estimate of drug-likeness (QED) is 0.854. The standard InChI is InChI=1S/C10H11ClO5S/c1-6(2)16-17(14,15)9-5-7(10(12)13)3-4-8(9)11/h3-6H,1-2H3,(H,12,13). The molecule has 0 unspecified atom stereocenters. The van der Waals surface area contributed by atoms with E-state index in [2.05, 4.69) is 0 Å². The number of carboxylic acid groups (broad SMARTS) is 1. The molecule has 1 rings (SSSR count). The van der Waals surface area contributed by atoms with Gasteiger partial charge in [-0.3, -0.25) is 4.18 Å². The van der Waals surface area contributed by atoms with E-state index in [1.165, 1.54) is 12.1 Å². The van der Waals surface area contributed by atoms with Crippen molar-refractivity contribution in [3.63, 3.8) is 0 Å². The lowest BCUT2D eigenvalue weighted by atomic mass is 10.2. The number of aromatic carboxylic acids is 1. The van der Waals surface area contributed by atoms with Gasteiger partial charge in [-0.2, -0.15) is 8.42 Å². The van der Waals surface area contributed by atoms with E-state index in [0.717, 1.165) is 6.07 Å². The molecular formula is C10H11ClO5S. The molecule has 0 saturated heterocycles. The van der Waals surface area contributed by atoms with Crippen molar-refractivity contribution >= 4 is 27.7 Å². The third kappa shape index (κ3) is 3.42. The van der Waals surface area contributed by atoms with Crippen LogP contribution in [-0.4, -0.2) is 25.6 Å². The minimum Gasteiger partial charge on any atom is -0.478 e. The maximum Gasteiger partial charge on any atom is 0.335 e. The van der Waals surface area contributed by atoms with Crippen molar-refractivity contribution < 1.29 is 22.5 Å². The number of carboxylic acids is 1. The van der Waals surface area contributed by atoms with Crippen LogP contribution in [0.25, 0.3) is 0 Å². The first-order valence-electron chi connectivity index (χ1n) is 4.70. The van der Waals surface area contributed by atoms with E-state index in [1.54, 1.807) is 13.8 Å². The van der Waals surface area contributed by atoms with E-state index in [4.69, 9.17) is 20.9 Å². The predicted octanol–water partition coefficient (Wildman–Crippen LogP) is 2.15. The molecule has 0 radical (unpaired) electrons. The fourth-order valence-electron chi connectivity index (χ4n) is 1.13. The Morgan fingerprint density at radius 2 is 2.00 bits per heavy atom. The molecule has 0 aliphatic carbocycles. The van der Waals surface area contributed by atoms with Crippen LogP contribution in [0.1, 0.15) is 24.2 Å². The van der Waals surface area contributed by atoms with Crippen LogP contribution in [0.5, 0.6) is 0 Å². The minimum atomic E-state index is -4.04. The first-order valence-corrected chi connectivity index (χ1v) is 6.49. The summed E-state index contributed by atoms with van der Waals surface area (Å²) in [6.07, 6.45) is -0.551. The molecule has 0 heterocycles. The van der Waals surface area contributed by atoms with Gasteiger partial charge < -0.3 is 5.11 Å². The molecule has 0 amide bonds. The first kappa shape index (κ1) is 14.0. The minimum absolute atomic E-state index is 0.0735. The number of benzene rings is 1. The van der Waals surface area contributed by atoms with E-state index in [0.29, 0.717) is 0 Å². The van der Waals surface area contributed by atoms with Gasteiger partial charge in [0.15, 0.2) is 0 Å². The van der Waals surface area contributed by atoms with E-state index >= 15 is 0 Å². The summed E-state index contributed by atoms with van der Waals surface area (Å²) in [4.78, 5) is 10.4. The average Bonchev–Trinajstić information content (AvgIpc) is 2.15. The zero-order chi connectivity index (χ0) is 13.2. The molecule has 0 bridgehead atoms. The van der Waals surface area contributed by atoms with E-state index in [9.17, 15) is 13.2 Å². The summed E-state index contributed by atoms with van der Waals surface area (Å²) >= 11 is 5.72. The fraction of sp³-hybridized carbons (Fsp3) is 0.300. The zero-order valence-corrected chi connectivity index (χ0v) is 10.7. The predicted molar refractivity (Wildman–Crippen MR) is 61.8 cm³/mol. The highest BCUT2D eigenvalue weighted by molar-refractivity contribution is 7.87. The van der Waals surface area contributed by atoms with Crippen LogP contribution in [0.3, 0.4) is 0 Å². The van der Waals surface area contributed by atoms with Gasteiger partial charge in [0.1, 0.15) is 4.90 Å². The Morgan fingerprint density at radius 1 is 1.41 bits per heavy atom. The van der Waals surface area contributed by atoms with Crippen molar-refractivity contribution in [1.82, 2.24) is 0 Å². The SMILES string of the molecule is CC(C)OS(=O)(=O)c1cc(C(=O)O)ccc1Cl. The molecule has 94 valence electrons. The van der Waals surface area contributed by atoms with Crippen LogP contribution >= 0.6 is 11.6 Å². The second-order valence-electron chi connectivity index (χ2n) is 3.55. The molecule has 7 heteroatoms. The van der Waals surface area contributed by atoms with Crippen molar-refractivity contribution in [2.24, 2.45) is 0 Å². The van der Waals surface area contributed by atoms with Crippen molar-refractivity contribution in [1.29, 1.82) is 0 Å². The Balaban J connectivity index is 3.30. The Kier molecular flexibility index (Phi) is 4.13. The van der Waals surface area contributed by atoms with Crippen LogP contribution in [0.4, 0.5) is 0 Å². The maximum absolute atomic E-state index is 11.7. The van der Waals surface area contributed by atoms with Crippen molar-refractivity contribution in [2.45, 2.75) is 24.8 Å². The molecule has 0 fully saturated rings. The fourth-order valence-corrected chi connectivity index (χ4v) is 2.72. The summed E-state index contributed by atoms with van der Waals surface area (Å²) in [5, 5.41) is 8.70. The number of hydrogen-bond acceptors (Lipinski definition) is 4. The highest BCUT2D eigenvalue weighted by Gasteiger charge is 2.22. The number of hydrogen-bond donors (Lipinski definition) is 1. The van der Waals surface area contributed by atoms with Gasteiger partial charge in [0.2, 0.25) is 0 Å². The lowest BCUT2D eigenvalue weighted by Crippen LogP contribution is -2.13. The molecular weight excluding hydrogens is 268 g/mol. The van der Waals surface area contributed by atoms with Gasteiger partial charge in [-0.15, -0.1) is 0 Å². The normalized spacial score (nSPS) is 11.8. The Bertz CT molecular complexity index is 536. The average molecular weight is 279 g/mol.